The maximum atomic E-state index is 12.7. The lowest BCUT2D eigenvalue weighted by Gasteiger charge is -2.20. The van der Waals surface area contributed by atoms with Gasteiger partial charge in [-0.2, -0.15) is 5.10 Å². The molecule has 2 heterocycles. The Morgan fingerprint density at radius 2 is 2.00 bits per heavy atom. The van der Waals surface area contributed by atoms with E-state index in [0.29, 0.717) is 10.7 Å². The quantitative estimate of drug-likeness (QED) is 0.640. The summed E-state index contributed by atoms with van der Waals surface area (Å²) in [6, 6.07) is 6.29. The summed E-state index contributed by atoms with van der Waals surface area (Å²) >= 11 is 5.82. The first kappa shape index (κ1) is 14.5. The van der Waals surface area contributed by atoms with Crippen LogP contribution in [0.2, 0.25) is 5.02 Å². The van der Waals surface area contributed by atoms with Crippen molar-refractivity contribution in [1.29, 1.82) is 0 Å². The third-order valence-corrected chi connectivity index (χ3v) is 4.11. The molecule has 0 saturated carbocycles. The maximum Gasteiger partial charge on any atom is 0.355 e. The molecule has 1 fully saturated rings. The number of halogens is 1. The Bertz CT molecular complexity index is 715. The first-order valence-electron chi connectivity index (χ1n) is 6.47. The molecule has 1 saturated heterocycles. The Morgan fingerprint density at radius 1 is 1.36 bits per heavy atom. The van der Waals surface area contributed by atoms with Gasteiger partial charge in [-0.3, -0.25) is 15.0 Å². The summed E-state index contributed by atoms with van der Waals surface area (Å²) in [7, 11) is 1.19. The van der Waals surface area contributed by atoms with Gasteiger partial charge in [0.1, 0.15) is 11.5 Å². The number of imide groups is 1. The fourth-order valence-corrected chi connectivity index (χ4v) is 2.80. The van der Waals surface area contributed by atoms with E-state index in [1.165, 1.54) is 14.0 Å². The lowest BCUT2D eigenvalue weighted by atomic mass is 9.86. The summed E-state index contributed by atoms with van der Waals surface area (Å²) in [5, 5.41) is 4.30. The van der Waals surface area contributed by atoms with Crippen LogP contribution >= 0.6 is 11.6 Å². The van der Waals surface area contributed by atoms with Crippen LogP contribution in [0, 0.1) is 5.92 Å². The maximum absolute atomic E-state index is 12.7. The van der Waals surface area contributed by atoms with Crippen molar-refractivity contribution in [2.24, 2.45) is 11.0 Å². The van der Waals surface area contributed by atoms with E-state index in [1.807, 2.05) is 0 Å². The highest BCUT2D eigenvalue weighted by atomic mass is 35.5. The highest BCUT2D eigenvalue weighted by Crippen LogP contribution is 2.38. The molecule has 3 rings (SSSR count). The van der Waals surface area contributed by atoms with Gasteiger partial charge in [-0.1, -0.05) is 11.6 Å². The van der Waals surface area contributed by atoms with E-state index in [9.17, 15) is 14.4 Å². The van der Waals surface area contributed by atoms with E-state index in [0.717, 1.165) is 4.90 Å². The van der Waals surface area contributed by atoms with Crippen molar-refractivity contribution in [1.82, 2.24) is 5.43 Å². The van der Waals surface area contributed by atoms with Crippen LogP contribution in [0.1, 0.15) is 6.92 Å². The molecule has 0 bridgehead atoms. The predicted molar refractivity (Wildman–Crippen MR) is 78.4 cm³/mol. The highest BCUT2D eigenvalue weighted by Gasteiger charge is 2.63. The van der Waals surface area contributed by atoms with E-state index < -0.39 is 29.2 Å². The van der Waals surface area contributed by atoms with Crippen LogP contribution in [-0.4, -0.2) is 36.1 Å². The predicted octanol–water partition coefficient (Wildman–Crippen LogP) is 0.720. The molecule has 1 aromatic carbocycles. The van der Waals surface area contributed by atoms with Crippen LogP contribution in [0.4, 0.5) is 5.69 Å². The molecule has 2 atom stereocenters. The molecule has 7 nitrogen and oxygen atoms in total. The average Bonchev–Trinajstić information content (AvgIpc) is 2.95. The van der Waals surface area contributed by atoms with Crippen molar-refractivity contribution in [3.63, 3.8) is 0 Å². The summed E-state index contributed by atoms with van der Waals surface area (Å²) in [4.78, 5) is 38.1. The second-order valence-corrected chi connectivity index (χ2v) is 5.63. The number of nitrogens with one attached hydrogen (secondary N) is 1. The Hall–Kier alpha value is -2.41. The van der Waals surface area contributed by atoms with E-state index in [1.54, 1.807) is 24.3 Å². The van der Waals surface area contributed by atoms with Crippen molar-refractivity contribution < 1.29 is 19.1 Å². The van der Waals surface area contributed by atoms with E-state index in [2.05, 4.69) is 15.3 Å². The number of rotatable bonds is 2. The molecule has 0 spiro atoms. The molecule has 1 N–H and O–H groups in total. The Labute approximate surface area is 130 Å². The number of amides is 2. The lowest BCUT2D eigenvalue weighted by Crippen LogP contribution is -2.48. The van der Waals surface area contributed by atoms with Crippen LogP contribution in [0.3, 0.4) is 0 Å². The van der Waals surface area contributed by atoms with Gasteiger partial charge in [-0.15, -0.1) is 0 Å². The van der Waals surface area contributed by atoms with Crippen LogP contribution in [0.15, 0.2) is 29.4 Å². The summed E-state index contributed by atoms with van der Waals surface area (Å²) in [5.41, 5.74) is 1.60. The summed E-state index contributed by atoms with van der Waals surface area (Å²) in [6.07, 6.45) is 0. The summed E-state index contributed by atoms with van der Waals surface area (Å²) < 4.78 is 4.62. The zero-order chi connectivity index (χ0) is 16.1. The van der Waals surface area contributed by atoms with Crippen LogP contribution in [0.25, 0.3) is 0 Å². The molecule has 2 aliphatic rings. The van der Waals surface area contributed by atoms with Crippen LogP contribution in [0.5, 0.6) is 0 Å². The summed E-state index contributed by atoms with van der Waals surface area (Å²) in [6.45, 7) is 1.53. The minimum Gasteiger partial charge on any atom is -0.464 e. The topological polar surface area (TPSA) is 88.1 Å². The number of methoxy groups -OCH3 is 1. The average molecular weight is 322 g/mol. The molecular weight excluding hydrogens is 310 g/mol. The third kappa shape index (κ3) is 1.82. The minimum atomic E-state index is -1.29. The molecule has 8 heteroatoms. The second-order valence-electron chi connectivity index (χ2n) is 5.19. The van der Waals surface area contributed by atoms with Gasteiger partial charge in [-0.05, 0) is 31.2 Å². The molecule has 22 heavy (non-hydrogen) atoms. The Morgan fingerprint density at radius 3 is 2.59 bits per heavy atom. The van der Waals surface area contributed by atoms with Gasteiger partial charge >= 0.3 is 5.97 Å². The molecule has 0 aliphatic carbocycles. The first-order valence-corrected chi connectivity index (χ1v) is 6.85. The van der Waals surface area contributed by atoms with Gasteiger partial charge < -0.3 is 4.74 Å². The van der Waals surface area contributed by atoms with Gasteiger partial charge in [0.2, 0.25) is 5.91 Å². The molecule has 1 aromatic rings. The number of benzene rings is 1. The molecule has 2 aliphatic heterocycles. The number of hydrazone groups is 1. The van der Waals surface area contributed by atoms with E-state index in [4.69, 9.17) is 11.6 Å². The number of carbonyl (C=O) groups excluding carboxylic acids is 3. The van der Waals surface area contributed by atoms with Gasteiger partial charge in [-0.25, -0.2) is 9.69 Å². The zero-order valence-corrected chi connectivity index (χ0v) is 12.5. The van der Waals surface area contributed by atoms with Gasteiger partial charge in [0, 0.05) is 5.02 Å². The van der Waals surface area contributed by atoms with Gasteiger partial charge in [0.05, 0.1) is 12.8 Å². The standard InChI is InChI=1S/C14H12ClN3O4/c1-14-9(10(16-17-14)12(20)22-2)11(19)18(13(14)21)8-5-3-7(15)4-6-8/h3-6,9,17H,1-2H3/t9-,14-/m1/s1. The molecule has 2 amide bonds. The van der Waals surface area contributed by atoms with E-state index >= 15 is 0 Å². The normalized spacial score (nSPS) is 26.6. The number of hydrogen-bond acceptors (Lipinski definition) is 6. The van der Waals surface area contributed by atoms with E-state index in [-0.39, 0.29) is 5.71 Å². The fraction of sp³-hybridized carbons (Fsp3) is 0.286. The number of nitrogens with zero attached hydrogens (tertiary/aromatic N) is 2. The number of esters is 1. The SMILES string of the molecule is COC(=O)C1=NN[C@@]2(C)C(=O)N(c3ccc(Cl)cc3)C(=O)[C@@H]12. The second kappa shape index (κ2) is 4.81. The van der Waals surface area contributed by atoms with Crippen LogP contribution in [-0.2, 0) is 19.1 Å². The number of hydrogen-bond donors (Lipinski definition) is 1. The van der Waals surface area contributed by atoms with Crippen molar-refractivity contribution in [2.45, 2.75) is 12.5 Å². The molecule has 114 valence electrons. The van der Waals surface area contributed by atoms with Gasteiger partial charge in [0.25, 0.3) is 5.91 Å². The fourth-order valence-electron chi connectivity index (χ4n) is 2.68. The number of fused-ring (bicyclic) bond motifs is 1. The number of ether oxygens (including phenoxy) is 1. The summed E-state index contributed by atoms with van der Waals surface area (Å²) in [5.74, 6) is -2.75. The van der Waals surface area contributed by atoms with Crippen molar-refractivity contribution in [3.8, 4) is 0 Å². The number of carbonyl (C=O) groups is 3. The Balaban J connectivity index is 2.03. The largest absolute Gasteiger partial charge is 0.464 e. The highest BCUT2D eigenvalue weighted by molar-refractivity contribution is 6.47. The third-order valence-electron chi connectivity index (χ3n) is 3.85. The first-order chi connectivity index (χ1) is 10.4. The molecular formula is C14H12ClN3O4. The molecule has 0 aromatic heterocycles. The Kier molecular flexibility index (Phi) is 3.17. The smallest absolute Gasteiger partial charge is 0.355 e. The van der Waals surface area contributed by atoms with Crippen LogP contribution < -0.4 is 10.3 Å². The van der Waals surface area contributed by atoms with Crippen molar-refractivity contribution in [2.75, 3.05) is 12.0 Å². The van der Waals surface area contributed by atoms with Gasteiger partial charge in [0.15, 0.2) is 5.71 Å². The monoisotopic (exact) mass is 321 g/mol. The lowest BCUT2D eigenvalue weighted by molar-refractivity contribution is -0.133. The van der Waals surface area contributed by atoms with Crippen molar-refractivity contribution in [3.05, 3.63) is 29.3 Å². The van der Waals surface area contributed by atoms with Crippen molar-refractivity contribution >= 4 is 40.8 Å². The number of anilines is 1. The zero-order valence-electron chi connectivity index (χ0n) is 11.8. The molecule has 0 radical (unpaired) electrons. The minimum absolute atomic E-state index is 0.0974. The molecule has 0 unspecified atom stereocenters.